The first-order chi connectivity index (χ1) is 17.6. The molecule has 1 aromatic heterocycles. The Morgan fingerprint density at radius 3 is 2.71 bits per heavy atom. The number of nitrogens with one attached hydrogen (secondary N) is 1. The summed E-state index contributed by atoms with van der Waals surface area (Å²) in [5.41, 5.74) is 2.87. The van der Waals surface area contributed by atoms with Crippen molar-refractivity contribution in [3.63, 3.8) is 0 Å². The molecule has 2 aromatic rings. The van der Waals surface area contributed by atoms with Gasteiger partial charge >= 0.3 is 0 Å². The highest BCUT2D eigenvalue weighted by Gasteiger charge is 2.41. The Kier molecular flexibility index (Phi) is 6.09. The number of aliphatic hydroxyl groups excluding tert-OH is 1. The van der Waals surface area contributed by atoms with Crippen LogP contribution < -0.4 is 14.8 Å². The normalized spacial score (nSPS) is 24.9. The van der Waals surface area contributed by atoms with E-state index in [9.17, 15) is 18.3 Å². The summed E-state index contributed by atoms with van der Waals surface area (Å²) >= 11 is 0. The molecule has 35 heavy (non-hydrogen) atoms. The van der Waals surface area contributed by atoms with Crippen LogP contribution in [0.5, 0.6) is 11.5 Å². The van der Waals surface area contributed by atoms with E-state index < -0.39 is 31.9 Å². The van der Waals surface area contributed by atoms with Crippen molar-refractivity contribution in [1.29, 1.82) is 0 Å². The Bertz CT molecular complexity index is 1120. The summed E-state index contributed by atoms with van der Waals surface area (Å²) in [6.07, 6.45) is 2.64. The Balaban J connectivity index is 1.41. The summed E-state index contributed by atoms with van der Waals surface area (Å²) in [4.78, 5) is 8.42. The van der Waals surface area contributed by atoms with Crippen molar-refractivity contribution in [3.05, 3.63) is 47.3 Å². The van der Waals surface area contributed by atoms with E-state index in [2.05, 4.69) is 15.2 Å². The monoisotopic (exact) mass is 494 g/mol. The quantitative estimate of drug-likeness (QED) is 0.555. The lowest BCUT2D eigenvalue weighted by molar-refractivity contribution is -0.0865. The van der Waals surface area contributed by atoms with Gasteiger partial charge in [0.1, 0.15) is 9.35 Å². The molecular formula is C25H31F3N4O3. The van der Waals surface area contributed by atoms with Gasteiger partial charge in [0.15, 0.2) is 11.5 Å². The Labute approximate surface area is 205 Å². The van der Waals surface area contributed by atoms with Crippen LogP contribution in [-0.2, 0) is 6.42 Å². The fourth-order valence-electron chi connectivity index (χ4n) is 5.10. The van der Waals surface area contributed by atoms with Crippen molar-refractivity contribution in [1.82, 2.24) is 14.8 Å². The third-order valence-corrected chi connectivity index (χ3v) is 6.86. The van der Waals surface area contributed by atoms with Gasteiger partial charge in [0.2, 0.25) is 6.75 Å². The molecule has 3 aliphatic heterocycles. The second-order valence-electron chi connectivity index (χ2n) is 9.54. The van der Waals surface area contributed by atoms with Gasteiger partial charge < -0.3 is 19.9 Å². The van der Waals surface area contributed by atoms with Gasteiger partial charge in [-0.15, -0.1) is 0 Å². The Morgan fingerprint density at radius 2 is 2.03 bits per heavy atom. The molecule has 0 bridgehead atoms. The summed E-state index contributed by atoms with van der Waals surface area (Å²) in [5, 5.41) is 12.7. The predicted octanol–water partition coefficient (Wildman–Crippen LogP) is 3.23. The first-order valence-electron chi connectivity index (χ1n) is 12.9. The number of alkyl halides is 3. The number of aromatic nitrogens is 1. The number of likely N-dealkylation sites (tertiary alicyclic amines) is 1. The number of halogens is 3. The predicted molar refractivity (Wildman–Crippen MR) is 125 cm³/mol. The molecule has 1 saturated heterocycles. The number of rotatable bonds is 9. The summed E-state index contributed by atoms with van der Waals surface area (Å²) in [5.74, 6) is -2.83. The number of benzene rings is 1. The number of pyridine rings is 1. The minimum atomic E-state index is -3.31. The molecule has 1 aromatic carbocycles. The zero-order valence-corrected chi connectivity index (χ0v) is 19.5. The lowest BCUT2D eigenvalue weighted by Gasteiger charge is -2.43. The topological polar surface area (TPSA) is 70.1 Å². The zero-order valence-electron chi connectivity index (χ0n) is 21.5. The summed E-state index contributed by atoms with van der Waals surface area (Å²) < 4.78 is 67.3. The highest BCUT2D eigenvalue weighted by molar-refractivity contribution is 5.53. The zero-order chi connectivity index (χ0) is 26.4. The number of nitrogens with zero attached hydrogens (tertiary/aromatic N) is 3. The van der Waals surface area contributed by atoms with Crippen LogP contribution in [0.4, 0.5) is 18.9 Å². The molecule has 190 valence electrons. The van der Waals surface area contributed by atoms with E-state index in [-0.39, 0.29) is 30.3 Å². The molecule has 0 saturated carbocycles. The summed E-state index contributed by atoms with van der Waals surface area (Å²) in [6, 6.07) is 6.27. The maximum absolute atomic E-state index is 14.4. The summed E-state index contributed by atoms with van der Waals surface area (Å²) in [6.45, 7) is -0.335. The van der Waals surface area contributed by atoms with Crippen molar-refractivity contribution < 1.29 is 30.5 Å². The average Bonchev–Trinajstić information content (AvgIpc) is 3.13. The SMILES string of the molecule is [2H]C1([2H])Oc2cc3c(cc2O1)[C@@H](c1ccc(NC2CN(CCCF)C2)cn1)N(CC(F)(F)CO)[C@H](C)C3. The van der Waals surface area contributed by atoms with E-state index in [0.717, 1.165) is 30.9 Å². The van der Waals surface area contributed by atoms with Crippen molar-refractivity contribution in [2.75, 3.05) is 51.5 Å². The van der Waals surface area contributed by atoms with Crippen LogP contribution in [0.1, 0.15) is 38.9 Å². The highest BCUT2D eigenvalue weighted by Crippen LogP contribution is 2.44. The lowest BCUT2D eigenvalue weighted by Crippen LogP contribution is -2.54. The maximum Gasteiger partial charge on any atom is 0.283 e. The maximum atomic E-state index is 14.4. The minimum Gasteiger partial charge on any atom is -0.454 e. The number of ether oxygens (including phenoxy) is 2. The van der Waals surface area contributed by atoms with Gasteiger partial charge in [-0.05, 0) is 55.2 Å². The molecule has 0 spiro atoms. The van der Waals surface area contributed by atoms with Crippen LogP contribution in [0.15, 0.2) is 30.5 Å². The number of aliphatic hydroxyl groups is 1. The molecule has 1 fully saturated rings. The number of fused-ring (bicyclic) bond motifs is 2. The van der Waals surface area contributed by atoms with E-state index in [1.54, 1.807) is 29.3 Å². The molecule has 5 rings (SSSR count). The molecule has 0 radical (unpaired) electrons. The molecule has 4 heterocycles. The van der Waals surface area contributed by atoms with E-state index in [4.69, 9.17) is 12.2 Å². The molecule has 0 unspecified atom stereocenters. The van der Waals surface area contributed by atoms with Crippen molar-refractivity contribution in [3.8, 4) is 11.5 Å². The van der Waals surface area contributed by atoms with Gasteiger partial charge in [0, 0.05) is 25.7 Å². The molecule has 7 nitrogen and oxygen atoms in total. The second kappa shape index (κ2) is 9.83. The van der Waals surface area contributed by atoms with E-state index in [1.807, 2.05) is 13.0 Å². The van der Waals surface area contributed by atoms with Crippen LogP contribution >= 0.6 is 0 Å². The molecular weight excluding hydrogens is 461 g/mol. The highest BCUT2D eigenvalue weighted by atomic mass is 19.3. The van der Waals surface area contributed by atoms with Crippen molar-refractivity contribution >= 4 is 5.69 Å². The standard InChI is InChI=1S/C25H31F3N4O3/c1-16-7-17-8-22-23(35-15-34-22)9-20(17)24(32(16)13-25(27,28)14-33)21-4-3-18(10-29-21)30-19-11-31(12-19)6-2-5-26/h3-4,8-10,16,19,24,30,33H,2,5-7,11-15H2,1H3/t16-,24+/m1/s1/i15D2. The lowest BCUT2D eigenvalue weighted by atomic mass is 9.86. The average molecular weight is 495 g/mol. The molecule has 0 aliphatic carbocycles. The fourth-order valence-corrected chi connectivity index (χ4v) is 5.10. The molecule has 2 N–H and O–H groups in total. The minimum absolute atomic E-state index is 0.206. The van der Waals surface area contributed by atoms with Gasteiger partial charge in [0.25, 0.3) is 5.92 Å². The third-order valence-electron chi connectivity index (χ3n) is 6.86. The van der Waals surface area contributed by atoms with Gasteiger partial charge in [-0.3, -0.25) is 19.2 Å². The number of hydrogen-bond acceptors (Lipinski definition) is 7. The van der Waals surface area contributed by atoms with Crippen LogP contribution in [-0.4, -0.2) is 84.1 Å². The number of anilines is 1. The van der Waals surface area contributed by atoms with Gasteiger partial charge in [-0.2, -0.15) is 0 Å². The summed E-state index contributed by atoms with van der Waals surface area (Å²) in [7, 11) is 0. The molecule has 3 aliphatic rings. The first kappa shape index (κ1) is 21.7. The van der Waals surface area contributed by atoms with Crippen LogP contribution in [0.2, 0.25) is 0 Å². The molecule has 0 amide bonds. The fraction of sp³-hybridized carbons (Fsp3) is 0.560. The molecule has 10 heteroatoms. The smallest absolute Gasteiger partial charge is 0.283 e. The van der Waals surface area contributed by atoms with E-state index >= 15 is 0 Å². The van der Waals surface area contributed by atoms with Crippen molar-refractivity contribution in [2.24, 2.45) is 0 Å². The van der Waals surface area contributed by atoms with Gasteiger partial charge in [-0.25, -0.2) is 8.78 Å². The van der Waals surface area contributed by atoms with Crippen LogP contribution in [0, 0.1) is 0 Å². The molecule has 2 atom stereocenters. The van der Waals surface area contributed by atoms with E-state index in [1.165, 1.54) is 0 Å². The van der Waals surface area contributed by atoms with Crippen molar-refractivity contribution in [2.45, 2.75) is 43.8 Å². The van der Waals surface area contributed by atoms with Gasteiger partial charge in [-0.1, -0.05) is 0 Å². The van der Waals surface area contributed by atoms with Gasteiger partial charge in [0.05, 0.1) is 42.9 Å². The third kappa shape index (κ3) is 5.05. The second-order valence-corrected chi connectivity index (χ2v) is 9.54. The largest absolute Gasteiger partial charge is 0.454 e. The Hall–Kier alpha value is -2.56. The first-order valence-corrected chi connectivity index (χ1v) is 11.9. The van der Waals surface area contributed by atoms with Crippen LogP contribution in [0.3, 0.4) is 0 Å². The Morgan fingerprint density at radius 1 is 1.26 bits per heavy atom. The van der Waals surface area contributed by atoms with Crippen LogP contribution in [0.25, 0.3) is 0 Å². The van der Waals surface area contributed by atoms with E-state index in [0.29, 0.717) is 24.1 Å². The number of hydrogen-bond donors (Lipinski definition) is 2.